The second kappa shape index (κ2) is 3.20. The molecule has 0 unspecified atom stereocenters. The van der Waals surface area contributed by atoms with Gasteiger partial charge in [-0.15, -0.1) is 0 Å². The summed E-state index contributed by atoms with van der Waals surface area (Å²) in [5.41, 5.74) is 4.51. The van der Waals surface area contributed by atoms with E-state index in [4.69, 9.17) is 0 Å². The van der Waals surface area contributed by atoms with Crippen LogP contribution in [0.4, 0.5) is 10.1 Å². The summed E-state index contributed by atoms with van der Waals surface area (Å²) in [4.78, 5) is 2.39. The number of anilines is 1. The molecular weight excluding hydrogens is 191 g/mol. The lowest BCUT2D eigenvalue weighted by atomic mass is 10.0. The Kier molecular flexibility index (Phi) is 1.96. The molecule has 0 spiro atoms. The van der Waals surface area contributed by atoms with E-state index in [2.05, 4.69) is 10.2 Å². The van der Waals surface area contributed by atoms with E-state index in [0.717, 1.165) is 43.7 Å². The maximum atomic E-state index is 13.7. The second-order valence-corrected chi connectivity index (χ2v) is 4.38. The SMILES string of the molecule is Cc1c(F)cc2c3c1CCN3CCNC2. The first kappa shape index (κ1) is 9.16. The zero-order valence-electron chi connectivity index (χ0n) is 8.94. The standard InChI is InChI=1S/C12H15FN2/c1-8-10-2-4-15-5-3-14-7-9(12(10)15)6-11(8)13/h6,14H,2-5,7H2,1H3. The molecule has 3 rings (SSSR count). The molecule has 0 aliphatic carbocycles. The number of nitrogens with zero attached hydrogens (tertiary/aromatic N) is 1. The van der Waals surface area contributed by atoms with Gasteiger partial charge in [-0.25, -0.2) is 4.39 Å². The highest BCUT2D eigenvalue weighted by molar-refractivity contribution is 5.66. The Morgan fingerprint density at radius 3 is 3.13 bits per heavy atom. The number of benzene rings is 1. The van der Waals surface area contributed by atoms with Gasteiger partial charge in [-0.3, -0.25) is 0 Å². The highest BCUT2D eigenvalue weighted by Crippen LogP contribution is 2.36. The summed E-state index contributed by atoms with van der Waals surface area (Å²) in [6.45, 7) is 5.79. The minimum absolute atomic E-state index is 0.0469. The maximum Gasteiger partial charge on any atom is 0.126 e. The molecule has 2 aliphatic heterocycles. The molecule has 0 bridgehead atoms. The van der Waals surface area contributed by atoms with Gasteiger partial charge in [0.2, 0.25) is 0 Å². The molecule has 0 amide bonds. The zero-order chi connectivity index (χ0) is 10.4. The highest BCUT2D eigenvalue weighted by Gasteiger charge is 2.26. The summed E-state index contributed by atoms with van der Waals surface area (Å²) in [7, 11) is 0. The summed E-state index contributed by atoms with van der Waals surface area (Å²) in [6.07, 6.45) is 1.01. The monoisotopic (exact) mass is 206 g/mol. The minimum atomic E-state index is -0.0469. The van der Waals surface area contributed by atoms with E-state index in [1.807, 2.05) is 6.92 Å². The van der Waals surface area contributed by atoms with E-state index in [1.165, 1.54) is 11.3 Å². The molecule has 0 fully saturated rings. The quantitative estimate of drug-likeness (QED) is 0.693. The van der Waals surface area contributed by atoms with Crippen LogP contribution in [-0.2, 0) is 13.0 Å². The van der Waals surface area contributed by atoms with E-state index in [-0.39, 0.29) is 5.82 Å². The van der Waals surface area contributed by atoms with Crippen molar-refractivity contribution in [2.45, 2.75) is 19.9 Å². The molecule has 1 aromatic rings. The molecule has 2 nitrogen and oxygen atoms in total. The van der Waals surface area contributed by atoms with Crippen molar-refractivity contribution >= 4 is 5.69 Å². The van der Waals surface area contributed by atoms with Gasteiger partial charge in [-0.1, -0.05) is 0 Å². The lowest BCUT2D eigenvalue weighted by Crippen LogP contribution is -2.27. The van der Waals surface area contributed by atoms with Gasteiger partial charge in [0, 0.05) is 31.9 Å². The first-order valence-electron chi connectivity index (χ1n) is 5.54. The number of hydrogen-bond donors (Lipinski definition) is 1. The zero-order valence-corrected chi connectivity index (χ0v) is 8.94. The van der Waals surface area contributed by atoms with Crippen LogP contribution >= 0.6 is 0 Å². The molecule has 0 aromatic heterocycles. The van der Waals surface area contributed by atoms with Crippen molar-refractivity contribution in [3.63, 3.8) is 0 Å². The number of hydrogen-bond acceptors (Lipinski definition) is 2. The third-order valence-electron chi connectivity index (χ3n) is 3.52. The van der Waals surface area contributed by atoms with Crippen LogP contribution in [0.15, 0.2) is 6.07 Å². The fourth-order valence-electron chi connectivity index (χ4n) is 2.70. The van der Waals surface area contributed by atoms with Crippen molar-refractivity contribution < 1.29 is 4.39 Å². The van der Waals surface area contributed by atoms with Crippen molar-refractivity contribution in [2.24, 2.45) is 0 Å². The molecular formula is C12H15FN2. The van der Waals surface area contributed by atoms with Gasteiger partial charge in [-0.2, -0.15) is 0 Å². The molecule has 0 radical (unpaired) electrons. The van der Waals surface area contributed by atoms with Gasteiger partial charge in [0.15, 0.2) is 0 Å². The van der Waals surface area contributed by atoms with Gasteiger partial charge in [0.25, 0.3) is 0 Å². The Morgan fingerprint density at radius 2 is 2.27 bits per heavy atom. The van der Waals surface area contributed by atoms with Gasteiger partial charge in [0.05, 0.1) is 0 Å². The van der Waals surface area contributed by atoms with E-state index in [9.17, 15) is 4.39 Å². The topological polar surface area (TPSA) is 15.3 Å². The lowest BCUT2D eigenvalue weighted by molar-refractivity contribution is 0.611. The first-order chi connectivity index (χ1) is 7.27. The van der Waals surface area contributed by atoms with Crippen molar-refractivity contribution in [1.29, 1.82) is 0 Å². The van der Waals surface area contributed by atoms with Crippen LogP contribution in [-0.4, -0.2) is 19.6 Å². The summed E-state index contributed by atoms with van der Waals surface area (Å²) in [6, 6.07) is 1.70. The third kappa shape index (κ3) is 1.26. The number of halogens is 1. The predicted molar refractivity (Wildman–Crippen MR) is 58.8 cm³/mol. The average Bonchev–Trinajstić information content (AvgIpc) is 2.54. The third-order valence-corrected chi connectivity index (χ3v) is 3.52. The summed E-state index contributed by atoms with van der Waals surface area (Å²) in [5, 5.41) is 3.33. The van der Waals surface area contributed by atoms with Gasteiger partial charge in [-0.05, 0) is 36.1 Å². The summed E-state index contributed by atoms with van der Waals surface area (Å²) < 4.78 is 13.7. The Labute approximate surface area is 89.1 Å². The normalized spacial score (nSPS) is 18.9. The van der Waals surface area contributed by atoms with Crippen molar-refractivity contribution in [1.82, 2.24) is 5.32 Å². The molecule has 0 saturated carbocycles. The average molecular weight is 206 g/mol. The summed E-state index contributed by atoms with van der Waals surface area (Å²) in [5.74, 6) is -0.0469. The Hall–Kier alpha value is -1.09. The molecule has 2 heterocycles. The predicted octanol–water partition coefficient (Wildman–Crippen LogP) is 1.60. The first-order valence-corrected chi connectivity index (χ1v) is 5.54. The Balaban J connectivity index is 2.23. The smallest absolute Gasteiger partial charge is 0.126 e. The molecule has 1 aromatic carbocycles. The fraction of sp³-hybridized carbons (Fsp3) is 0.500. The molecule has 15 heavy (non-hydrogen) atoms. The van der Waals surface area contributed by atoms with Crippen LogP contribution in [0, 0.1) is 12.7 Å². The summed E-state index contributed by atoms with van der Waals surface area (Å²) >= 11 is 0. The molecule has 1 N–H and O–H groups in total. The van der Waals surface area contributed by atoms with Crippen LogP contribution in [0.1, 0.15) is 16.7 Å². The van der Waals surface area contributed by atoms with E-state index < -0.39 is 0 Å². The molecule has 3 heteroatoms. The van der Waals surface area contributed by atoms with Gasteiger partial charge < -0.3 is 10.2 Å². The van der Waals surface area contributed by atoms with Crippen LogP contribution in [0.2, 0.25) is 0 Å². The largest absolute Gasteiger partial charge is 0.369 e. The Morgan fingerprint density at radius 1 is 1.40 bits per heavy atom. The van der Waals surface area contributed by atoms with Gasteiger partial charge >= 0.3 is 0 Å². The van der Waals surface area contributed by atoms with Crippen molar-refractivity contribution in [2.75, 3.05) is 24.5 Å². The van der Waals surface area contributed by atoms with E-state index in [1.54, 1.807) is 6.07 Å². The van der Waals surface area contributed by atoms with Crippen LogP contribution in [0.3, 0.4) is 0 Å². The van der Waals surface area contributed by atoms with Crippen LogP contribution in [0.5, 0.6) is 0 Å². The molecule has 0 saturated heterocycles. The number of nitrogens with one attached hydrogen (secondary N) is 1. The fourth-order valence-corrected chi connectivity index (χ4v) is 2.70. The van der Waals surface area contributed by atoms with Gasteiger partial charge in [0.1, 0.15) is 5.82 Å². The maximum absolute atomic E-state index is 13.7. The highest BCUT2D eigenvalue weighted by atomic mass is 19.1. The molecule has 2 aliphatic rings. The molecule has 80 valence electrons. The van der Waals surface area contributed by atoms with Crippen LogP contribution < -0.4 is 10.2 Å². The molecule has 0 atom stereocenters. The van der Waals surface area contributed by atoms with E-state index in [0.29, 0.717) is 0 Å². The van der Waals surface area contributed by atoms with Crippen LogP contribution in [0.25, 0.3) is 0 Å². The minimum Gasteiger partial charge on any atom is -0.369 e. The Bertz CT molecular complexity index is 415. The van der Waals surface area contributed by atoms with Crippen molar-refractivity contribution in [3.8, 4) is 0 Å². The lowest BCUT2D eigenvalue weighted by Gasteiger charge is -2.19. The van der Waals surface area contributed by atoms with E-state index >= 15 is 0 Å². The number of rotatable bonds is 0. The van der Waals surface area contributed by atoms with Crippen molar-refractivity contribution in [3.05, 3.63) is 28.6 Å². The second-order valence-electron chi connectivity index (χ2n) is 4.38.